The zero-order valence-corrected chi connectivity index (χ0v) is 10.9. The molecule has 0 spiro atoms. The number of rotatable bonds is 3. The second-order valence-electron chi connectivity index (χ2n) is 4.45. The normalized spacial score (nSPS) is 10.3. The summed E-state index contributed by atoms with van der Waals surface area (Å²) in [4.78, 5) is 12.0. The van der Waals surface area contributed by atoms with Gasteiger partial charge in [0.05, 0.1) is 5.56 Å². The molecule has 0 fully saturated rings. The molecule has 0 N–H and O–H groups in total. The van der Waals surface area contributed by atoms with Gasteiger partial charge in [0.2, 0.25) is 0 Å². The SMILES string of the molecule is Cc1cccc(C(=O)OCc2ccc(F)cc2)c1C. The fourth-order valence-electron chi connectivity index (χ4n) is 1.78. The molecule has 2 nitrogen and oxygen atoms in total. The van der Waals surface area contributed by atoms with Crippen LogP contribution in [0.4, 0.5) is 4.39 Å². The van der Waals surface area contributed by atoms with E-state index in [0.29, 0.717) is 5.56 Å². The first-order valence-electron chi connectivity index (χ1n) is 6.05. The number of hydrogen-bond donors (Lipinski definition) is 0. The Labute approximate surface area is 111 Å². The van der Waals surface area contributed by atoms with Crippen LogP contribution >= 0.6 is 0 Å². The van der Waals surface area contributed by atoms with Gasteiger partial charge in [0.15, 0.2) is 0 Å². The number of aryl methyl sites for hydroxylation is 1. The lowest BCUT2D eigenvalue weighted by atomic mass is 10.0. The molecule has 3 heteroatoms. The molecule has 0 aromatic heterocycles. The smallest absolute Gasteiger partial charge is 0.338 e. The minimum Gasteiger partial charge on any atom is -0.457 e. The van der Waals surface area contributed by atoms with Crippen LogP contribution in [-0.4, -0.2) is 5.97 Å². The maximum Gasteiger partial charge on any atom is 0.338 e. The Bertz CT molecular complexity index is 588. The van der Waals surface area contributed by atoms with Crippen molar-refractivity contribution in [2.24, 2.45) is 0 Å². The van der Waals surface area contributed by atoms with Crippen LogP contribution in [0.5, 0.6) is 0 Å². The van der Waals surface area contributed by atoms with E-state index in [-0.39, 0.29) is 18.4 Å². The van der Waals surface area contributed by atoms with Crippen molar-refractivity contribution in [2.75, 3.05) is 0 Å². The molecule has 0 saturated heterocycles. The first-order chi connectivity index (χ1) is 9.08. The molecule has 0 bridgehead atoms. The Kier molecular flexibility index (Phi) is 3.95. The molecule has 0 aliphatic carbocycles. The lowest BCUT2D eigenvalue weighted by Crippen LogP contribution is -2.07. The quantitative estimate of drug-likeness (QED) is 0.783. The van der Waals surface area contributed by atoms with Crippen LogP contribution in [-0.2, 0) is 11.3 Å². The zero-order valence-electron chi connectivity index (χ0n) is 10.9. The van der Waals surface area contributed by atoms with Crippen LogP contribution in [0.2, 0.25) is 0 Å². The molecule has 0 radical (unpaired) electrons. The van der Waals surface area contributed by atoms with E-state index in [4.69, 9.17) is 4.74 Å². The number of benzene rings is 2. The molecule has 2 aromatic carbocycles. The summed E-state index contributed by atoms with van der Waals surface area (Å²) in [7, 11) is 0. The zero-order chi connectivity index (χ0) is 13.8. The highest BCUT2D eigenvalue weighted by molar-refractivity contribution is 5.91. The van der Waals surface area contributed by atoms with Crippen LogP contribution in [0.25, 0.3) is 0 Å². The molecule has 19 heavy (non-hydrogen) atoms. The van der Waals surface area contributed by atoms with E-state index in [1.165, 1.54) is 12.1 Å². The minimum atomic E-state index is -0.356. The van der Waals surface area contributed by atoms with Crippen LogP contribution in [0.3, 0.4) is 0 Å². The molecule has 0 aliphatic heterocycles. The van der Waals surface area contributed by atoms with Crippen LogP contribution in [0, 0.1) is 19.7 Å². The maximum absolute atomic E-state index is 12.7. The topological polar surface area (TPSA) is 26.3 Å². The molecular weight excluding hydrogens is 243 g/mol. The molecule has 0 unspecified atom stereocenters. The summed E-state index contributed by atoms with van der Waals surface area (Å²) in [5.41, 5.74) is 3.31. The summed E-state index contributed by atoms with van der Waals surface area (Å²) in [5, 5.41) is 0. The lowest BCUT2D eigenvalue weighted by molar-refractivity contribution is 0.0471. The molecule has 0 heterocycles. The van der Waals surface area contributed by atoms with Crippen LogP contribution < -0.4 is 0 Å². The third-order valence-corrected chi connectivity index (χ3v) is 3.11. The minimum absolute atomic E-state index is 0.145. The summed E-state index contributed by atoms with van der Waals surface area (Å²) in [6.07, 6.45) is 0. The maximum atomic E-state index is 12.7. The summed E-state index contributed by atoms with van der Waals surface area (Å²) in [5.74, 6) is -0.657. The van der Waals surface area contributed by atoms with Gasteiger partial charge < -0.3 is 4.74 Å². The molecule has 0 atom stereocenters. The average molecular weight is 258 g/mol. The standard InChI is InChI=1S/C16H15FO2/c1-11-4-3-5-15(12(11)2)16(18)19-10-13-6-8-14(17)9-7-13/h3-9H,10H2,1-2H3. The Morgan fingerprint density at radius 2 is 1.79 bits per heavy atom. The number of carbonyl (C=O) groups excluding carboxylic acids is 1. The van der Waals surface area contributed by atoms with Gasteiger partial charge in [-0.25, -0.2) is 9.18 Å². The van der Waals surface area contributed by atoms with Crippen molar-refractivity contribution in [1.82, 2.24) is 0 Å². The Morgan fingerprint density at radius 1 is 1.11 bits per heavy atom. The highest BCUT2D eigenvalue weighted by Crippen LogP contribution is 2.14. The second kappa shape index (κ2) is 5.65. The Hall–Kier alpha value is -2.16. The summed E-state index contributed by atoms with van der Waals surface area (Å²) < 4.78 is 18.0. The van der Waals surface area contributed by atoms with Gasteiger partial charge >= 0.3 is 5.97 Å². The summed E-state index contributed by atoms with van der Waals surface area (Å²) in [6.45, 7) is 3.99. The Morgan fingerprint density at radius 3 is 2.47 bits per heavy atom. The largest absolute Gasteiger partial charge is 0.457 e. The van der Waals surface area contributed by atoms with E-state index in [9.17, 15) is 9.18 Å². The predicted octanol–water partition coefficient (Wildman–Crippen LogP) is 3.80. The van der Waals surface area contributed by atoms with Gasteiger partial charge in [0.25, 0.3) is 0 Å². The number of hydrogen-bond acceptors (Lipinski definition) is 2. The Balaban J connectivity index is 2.05. The van der Waals surface area contributed by atoms with E-state index >= 15 is 0 Å². The molecule has 0 amide bonds. The number of ether oxygens (including phenoxy) is 1. The van der Waals surface area contributed by atoms with E-state index in [2.05, 4.69) is 0 Å². The molecule has 0 aliphatic rings. The van der Waals surface area contributed by atoms with Gasteiger partial charge in [0, 0.05) is 0 Å². The van der Waals surface area contributed by atoms with Crippen molar-refractivity contribution in [3.05, 3.63) is 70.5 Å². The summed E-state index contributed by atoms with van der Waals surface area (Å²) in [6, 6.07) is 11.4. The van der Waals surface area contributed by atoms with E-state index < -0.39 is 0 Å². The van der Waals surface area contributed by atoms with E-state index in [0.717, 1.165) is 16.7 Å². The fraction of sp³-hybridized carbons (Fsp3) is 0.188. The third kappa shape index (κ3) is 3.19. The van der Waals surface area contributed by atoms with Crippen molar-refractivity contribution in [3.8, 4) is 0 Å². The van der Waals surface area contributed by atoms with Crippen molar-refractivity contribution in [1.29, 1.82) is 0 Å². The van der Waals surface area contributed by atoms with Crippen molar-refractivity contribution in [3.63, 3.8) is 0 Å². The molecule has 98 valence electrons. The highest BCUT2D eigenvalue weighted by atomic mass is 19.1. The van der Waals surface area contributed by atoms with Crippen molar-refractivity contribution in [2.45, 2.75) is 20.5 Å². The molecule has 0 saturated carbocycles. The molecule has 2 rings (SSSR count). The number of esters is 1. The van der Waals surface area contributed by atoms with Crippen LogP contribution in [0.1, 0.15) is 27.0 Å². The van der Waals surface area contributed by atoms with Crippen LogP contribution in [0.15, 0.2) is 42.5 Å². The third-order valence-electron chi connectivity index (χ3n) is 3.11. The average Bonchev–Trinajstić information content (AvgIpc) is 2.41. The van der Waals surface area contributed by atoms with Gasteiger partial charge in [-0.15, -0.1) is 0 Å². The fourth-order valence-corrected chi connectivity index (χ4v) is 1.78. The monoisotopic (exact) mass is 258 g/mol. The number of carbonyl (C=O) groups is 1. The van der Waals surface area contributed by atoms with Gasteiger partial charge in [-0.2, -0.15) is 0 Å². The molecular formula is C16H15FO2. The number of halogens is 1. The van der Waals surface area contributed by atoms with Crippen molar-refractivity contribution >= 4 is 5.97 Å². The molecule has 2 aromatic rings. The summed E-state index contributed by atoms with van der Waals surface area (Å²) >= 11 is 0. The lowest BCUT2D eigenvalue weighted by Gasteiger charge is -2.09. The first-order valence-corrected chi connectivity index (χ1v) is 6.05. The van der Waals surface area contributed by atoms with Crippen molar-refractivity contribution < 1.29 is 13.9 Å². The highest BCUT2D eigenvalue weighted by Gasteiger charge is 2.11. The van der Waals surface area contributed by atoms with Gasteiger partial charge in [-0.1, -0.05) is 24.3 Å². The first kappa shape index (κ1) is 13.3. The predicted molar refractivity (Wildman–Crippen MR) is 71.4 cm³/mol. The van der Waals surface area contributed by atoms with Gasteiger partial charge in [0.1, 0.15) is 12.4 Å². The van der Waals surface area contributed by atoms with Gasteiger partial charge in [-0.3, -0.25) is 0 Å². The van der Waals surface area contributed by atoms with Gasteiger partial charge in [-0.05, 0) is 48.7 Å². The van der Waals surface area contributed by atoms with E-state index in [1.807, 2.05) is 26.0 Å². The second-order valence-corrected chi connectivity index (χ2v) is 4.45. The van der Waals surface area contributed by atoms with E-state index in [1.54, 1.807) is 18.2 Å².